The van der Waals surface area contributed by atoms with Gasteiger partial charge in [-0.25, -0.2) is 0 Å². The van der Waals surface area contributed by atoms with E-state index in [1.165, 1.54) is 0 Å². The summed E-state index contributed by atoms with van der Waals surface area (Å²) < 4.78 is 10.3. The molecule has 0 fully saturated rings. The van der Waals surface area contributed by atoms with Gasteiger partial charge in [0, 0.05) is 0 Å². The van der Waals surface area contributed by atoms with Crippen molar-refractivity contribution in [3.8, 4) is 0 Å². The fourth-order valence-electron chi connectivity index (χ4n) is 1.89. The highest BCUT2D eigenvalue weighted by Crippen LogP contribution is 2.10. The monoisotopic (exact) mass is 337 g/mol. The first kappa shape index (κ1) is 23.5. The van der Waals surface area contributed by atoms with Gasteiger partial charge in [-0.05, 0) is 11.8 Å². The number of hydrogen-bond donors (Lipinski definition) is 1. The predicted octanol–water partition coefficient (Wildman–Crippen LogP) is 3.08. The molecule has 2 N–H and O–H groups in total. The summed E-state index contributed by atoms with van der Waals surface area (Å²) in [5.74, 6) is -0.245. The molecule has 0 saturated carbocycles. The Morgan fingerprint density at radius 2 is 1.27 bits per heavy atom. The number of esters is 2. The minimum atomic E-state index is -0.937. The van der Waals surface area contributed by atoms with E-state index in [2.05, 4.69) is 27.7 Å². The summed E-state index contributed by atoms with van der Waals surface area (Å²) >= 11 is 0. The van der Waals surface area contributed by atoms with Gasteiger partial charge >= 0.3 is 11.9 Å². The standard InChI is InChI=1S/C16H31NO4.ClH/c1-5-12(6-2)10-20-15(18)9-14(17)16(19)21-11-13(7-3)8-4;/h12-14H,5-11,17H2,1-4H3;1H/t14-;/m0./s1. The molecule has 1 atom stereocenters. The number of halogens is 1. The Morgan fingerprint density at radius 3 is 1.68 bits per heavy atom. The van der Waals surface area contributed by atoms with Crippen LogP contribution in [0.15, 0.2) is 0 Å². The van der Waals surface area contributed by atoms with Crippen molar-refractivity contribution in [3.63, 3.8) is 0 Å². The highest BCUT2D eigenvalue weighted by atomic mass is 35.5. The van der Waals surface area contributed by atoms with Crippen molar-refractivity contribution in [1.29, 1.82) is 0 Å². The van der Waals surface area contributed by atoms with E-state index in [4.69, 9.17) is 15.2 Å². The normalized spacial score (nSPS) is 12.0. The minimum Gasteiger partial charge on any atom is -0.465 e. The van der Waals surface area contributed by atoms with Gasteiger partial charge in [-0.3, -0.25) is 9.59 Å². The van der Waals surface area contributed by atoms with Gasteiger partial charge in [-0.1, -0.05) is 53.4 Å². The maximum absolute atomic E-state index is 11.7. The van der Waals surface area contributed by atoms with Crippen molar-refractivity contribution < 1.29 is 19.1 Å². The third-order valence-electron chi connectivity index (χ3n) is 3.94. The summed E-state index contributed by atoms with van der Waals surface area (Å²) in [7, 11) is 0. The third-order valence-corrected chi connectivity index (χ3v) is 3.94. The topological polar surface area (TPSA) is 78.6 Å². The summed E-state index contributed by atoms with van der Waals surface area (Å²) in [6, 6.07) is -0.937. The van der Waals surface area contributed by atoms with Crippen molar-refractivity contribution in [1.82, 2.24) is 0 Å². The lowest BCUT2D eigenvalue weighted by Gasteiger charge is -2.16. The second kappa shape index (κ2) is 13.8. The zero-order chi connectivity index (χ0) is 16.3. The first-order valence-electron chi connectivity index (χ1n) is 8.06. The maximum Gasteiger partial charge on any atom is 0.323 e. The lowest BCUT2D eigenvalue weighted by atomic mass is 10.1. The van der Waals surface area contributed by atoms with E-state index in [1.807, 2.05) is 0 Å². The van der Waals surface area contributed by atoms with Gasteiger partial charge in [0.25, 0.3) is 0 Å². The Kier molecular flexibility index (Phi) is 14.7. The largest absolute Gasteiger partial charge is 0.465 e. The zero-order valence-electron chi connectivity index (χ0n) is 14.3. The number of nitrogens with two attached hydrogens (primary N) is 1. The van der Waals surface area contributed by atoms with Crippen molar-refractivity contribution in [2.75, 3.05) is 13.2 Å². The zero-order valence-corrected chi connectivity index (χ0v) is 15.1. The Hall–Kier alpha value is -0.810. The van der Waals surface area contributed by atoms with Crippen LogP contribution in [0.4, 0.5) is 0 Å². The average Bonchev–Trinajstić information content (AvgIpc) is 2.48. The van der Waals surface area contributed by atoms with E-state index >= 15 is 0 Å². The molecule has 132 valence electrons. The van der Waals surface area contributed by atoms with Crippen molar-refractivity contribution in [2.45, 2.75) is 65.8 Å². The number of carbonyl (C=O) groups is 2. The number of carbonyl (C=O) groups excluding carboxylic acids is 2. The predicted molar refractivity (Wildman–Crippen MR) is 89.9 cm³/mol. The SMILES string of the molecule is CCC(CC)COC(=O)C[C@H](N)C(=O)OCC(CC)CC.Cl. The minimum absolute atomic E-state index is 0. The van der Waals surface area contributed by atoms with Gasteiger partial charge in [0.15, 0.2) is 0 Å². The van der Waals surface area contributed by atoms with Crippen LogP contribution in [0.3, 0.4) is 0 Å². The van der Waals surface area contributed by atoms with Crippen LogP contribution < -0.4 is 5.73 Å². The molecular formula is C16H32ClNO4. The number of ether oxygens (including phenoxy) is 2. The van der Waals surface area contributed by atoms with Crippen LogP contribution in [0.25, 0.3) is 0 Å². The average molecular weight is 338 g/mol. The number of rotatable bonds is 11. The molecule has 0 aliphatic rings. The van der Waals surface area contributed by atoms with E-state index < -0.39 is 18.0 Å². The van der Waals surface area contributed by atoms with E-state index in [9.17, 15) is 9.59 Å². The van der Waals surface area contributed by atoms with Gasteiger partial charge in [0.2, 0.25) is 0 Å². The maximum atomic E-state index is 11.7. The van der Waals surface area contributed by atoms with E-state index in [1.54, 1.807) is 0 Å². The second-order valence-corrected chi connectivity index (χ2v) is 5.49. The molecule has 0 radical (unpaired) electrons. The Morgan fingerprint density at radius 1 is 0.864 bits per heavy atom. The fraction of sp³-hybridized carbons (Fsp3) is 0.875. The molecule has 0 heterocycles. The summed E-state index contributed by atoms with van der Waals surface area (Å²) in [6.07, 6.45) is 3.72. The molecule has 0 bridgehead atoms. The van der Waals surface area contributed by atoms with Crippen molar-refractivity contribution in [2.24, 2.45) is 17.6 Å². The van der Waals surface area contributed by atoms with Gasteiger partial charge in [-0.15, -0.1) is 12.4 Å². The Balaban J connectivity index is 0. The Labute approximate surface area is 140 Å². The molecule has 6 heteroatoms. The summed E-state index contributed by atoms with van der Waals surface area (Å²) in [5.41, 5.74) is 5.68. The Bertz CT molecular complexity index is 305. The van der Waals surface area contributed by atoms with Gasteiger partial charge in [0.1, 0.15) is 6.04 Å². The van der Waals surface area contributed by atoms with Crippen LogP contribution in [-0.4, -0.2) is 31.2 Å². The lowest BCUT2D eigenvalue weighted by Crippen LogP contribution is -2.36. The summed E-state index contributed by atoms with van der Waals surface area (Å²) in [5, 5.41) is 0. The molecule has 0 spiro atoms. The van der Waals surface area contributed by atoms with Crippen molar-refractivity contribution >= 4 is 24.3 Å². The molecule has 0 rings (SSSR count). The summed E-state index contributed by atoms with van der Waals surface area (Å²) in [4.78, 5) is 23.3. The van der Waals surface area contributed by atoms with Crippen LogP contribution in [-0.2, 0) is 19.1 Å². The van der Waals surface area contributed by atoms with Crippen LogP contribution in [0.5, 0.6) is 0 Å². The highest BCUT2D eigenvalue weighted by molar-refractivity contribution is 5.85. The molecular weight excluding hydrogens is 306 g/mol. The first-order valence-corrected chi connectivity index (χ1v) is 8.06. The molecule has 0 aromatic carbocycles. The highest BCUT2D eigenvalue weighted by Gasteiger charge is 2.21. The van der Waals surface area contributed by atoms with Crippen LogP contribution in [0, 0.1) is 11.8 Å². The van der Waals surface area contributed by atoms with Crippen molar-refractivity contribution in [3.05, 3.63) is 0 Å². The summed E-state index contributed by atoms with van der Waals surface area (Å²) in [6.45, 7) is 8.98. The third kappa shape index (κ3) is 10.0. The molecule has 0 saturated heterocycles. The van der Waals surface area contributed by atoms with E-state index in [0.29, 0.717) is 25.0 Å². The van der Waals surface area contributed by atoms with Gasteiger partial charge in [-0.2, -0.15) is 0 Å². The van der Waals surface area contributed by atoms with Gasteiger partial charge < -0.3 is 15.2 Å². The van der Waals surface area contributed by atoms with E-state index in [-0.39, 0.29) is 18.8 Å². The molecule has 0 aromatic heterocycles. The van der Waals surface area contributed by atoms with Crippen LogP contribution in [0.1, 0.15) is 59.8 Å². The molecule has 0 unspecified atom stereocenters. The fourth-order valence-corrected chi connectivity index (χ4v) is 1.89. The van der Waals surface area contributed by atoms with E-state index in [0.717, 1.165) is 25.7 Å². The first-order chi connectivity index (χ1) is 9.98. The van der Waals surface area contributed by atoms with Crippen LogP contribution >= 0.6 is 12.4 Å². The molecule has 0 aliphatic heterocycles. The van der Waals surface area contributed by atoms with Gasteiger partial charge in [0.05, 0.1) is 19.6 Å². The molecule has 22 heavy (non-hydrogen) atoms. The molecule has 0 aliphatic carbocycles. The lowest BCUT2D eigenvalue weighted by molar-refractivity contribution is -0.153. The smallest absolute Gasteiger partial charge is 0.323 e. The quantitative estimate of drug-likeness (QED) is 0.586. The molecule has 0 aromatic rings. The number of hydrogen-bond acceptors (Lipinski definition) is 5. The molecule has 0 amide bonds. The molecule has 5 nitrogen and oxygen atoms in total. The van der Waals surface area contributed by atoms with Crippen LogP contribution in [0.2, 0.25) is 0 Å². The second-order valence-electron chi connectivity index (χ2n) is 5.49.